The first-order valence-corrected chi connectivity index (χ1v) is 6.26. The summed E-state index contributed by atoms with van der Waals surface area (Å²) >= 11 is 0. The van der Waals surface area contributed by atoms with Crippen LogP contribution in [-0.4, -0.2) is 19.5 Å². The van der Waals surface area contributed by atoms with E-state index in [1.54, 1.807) is 36.2 Å². The number of anilines is 2. The Labute approximate surface area is 118 Å². The lowest BCUT2D eigenvalue weighted by Gasteiger charge is -2.17. The average Bonchev–Trinajstić information content (AvgIpc) is 2.53. The van der Waals surface area contributed by atoms with Crippen molar-refractivity contribution in [1.29, 1.82) is 5.26 Å². The number of nitriles is 1. The van der Waals surface area contributed by atoms with E-state index >= 15 is 0 Å². The zero-order valence-corrected chi connectivity index (χ0v) is 11.2. The molecule has 1 N–H and O–H groups in total. The summed E-state index contributed by atoms with van der Waals surface area (Å²) in [6, 6.07) is 18.5. The number of hydrogen-bond acceptors (Lipinski definition) is 3. The third-order valence-corrected chi connectivity index (χ3v) is 2.98. The first-order valence-electron chi connectivity index (χ1n) is 6.26. The Hall–Kier alpha value is -2.80. The van der Waals surface area contributed by atoms with Crippen molar-refractivity contribution in [2.75, 3.05) is 23.8 Å². The van der Waals surface area contributed by atoms with Crippen LogP contribution in [0.2, 0.25) is 0 Å². The number of nitrogens with zero attached hydrogens (tertiary/aromatic N) is 2. The monoisotopic (exact) mass is 265 g/mol. The van der Waals surface area contributed by atoms with E-state index in [1.807, 2.05) is 30.3 Å². The highest BCUT2D eigenvalue weighted by Crippen LogP contribution is 2.12. The molecule has 2 aromatic rings. The fourth-order valence-corrected chi connectivity index (χ4v) is 1.75. The van der Waals surface area contributed by atoms with Gasteiger partial charge in [0.1, 0.15) is 0 Å². The lowest BCUT2D eigenvalue weighted by atomic mass is 10.2. The Bertz CT molecular complexity index is 614. The highest BCUT2D eigenvalue weighted by atomic mass is 16.2. The van der Waals surface area contributed by atoms with E-state index in [-0.39, 0.29) is 12.5 Å². The van der Waals surface area contributed by atoms with E-state index in [0.717, 1.165) is 11.4 Å². The fraction of sp³-hybridized carbons (Fsp3) is 0.125. The summed E-state index contributed by atoms with van der Waals surface area (Å²) in [5, 5.41) is 11.8. The first-order chi connectivity index (χ1) is 9.70. The van der Waals surface area contributed by atoms with Crippen LogP contribution in [0.25, 0.3) is 0 Å². The van der Waals surface area contributed by atoms with Gasteiger partial charge in [-0.05, 0) is 36.4 Å². The van der Waals surface area contributed by atoms with Gasteiger partial charge in [-0.15, -0.1) is 0 Å². The molecule has 0 atom stereocenters. The number of carbonyl (C=O) groups is 1. The fourth-order valence-electron chi connectivity index (χ4n) is 1.75. The van der Waals surface area contributed by atoms with Crippen LogP contribution in [0.1, 0.15) is 5.56 Å². The van der Waals surface area contributed by atoms with Crippen molar-refractivity contribution < 1.29 is 4.79 Å². The second kappa shape index (κ2) is 6.39. The second-order valence-corrected chi connectivity index (χ2v) is 4.33. The molecule has 0 aliphatic rings. The molecule has 0 unspecified atom stereocenters. The molecule has 1 amide bonds. The molecule has 100 valence electrons. The number of hydrogen-bond donors (Lipinski definition) is 1. The molecule has 0 spiro atoms. The Kier molecular flexibility index (Phi) is 4.35. The second-order valence-electron chi connectivity index (χ2n) is 4.33. The Morgan fingerprint density at radius 3 is 2.40 bits per heavy atom. The van der Waals surface area contributed by atoms with Gasteiger partial charge in [-0.1, -0.05) is 18.2 Å². The maximum Gasteiger partial charge on any atom is 0.246 e. The smallest absolute Gasteiger partial charge is 0.246 e. The third-order valence-electron chi connectivity index (χ3n) is 2.98. The third kappa shape index (κ3) is 3.36. The van der Waals surface area contributed by atoms with Crippen LogP contribution in [0.15, 0.2) is 54.6 Å². The van der Waals surface area contributed by atoms with E-state index in [2.05, 4.69) is 11.4 Å². The highest BCUT2D eigenvalue weighted by molar-refractivity contribution is 5.95. The average molecular weight is 265 g/mol. The van der Waals surface area contributed by atoms with Gasteiger partial charge in [0.2, 0.25) is 5.91 Å². The first kappa shape index (κ1) is 13.6. The van der Waals surface area contributed by atoms with Gasteiger partial charge < -0.3 is 10.2 Å². The quantitative estimate of drug-likeness (QED) is 0.924. The van der Waals surface area contributed by atoms with Gasteiger partial charge in [0.05, 0.1) is 18.2 Å². The van der Waals surface area contributed by atoms with E-state index in [9.17, 15) is 4.79 Å². The topological polar surface area (TPSA) is 56.1 Å². The zero-order chi connectivity index (χ0) is 14.4. The molecule has 20 heavy (non-hydrogen) atoms. The summed E-state index contributed by atoms with van der Waals surface area (Å²) in [4.78, 5) is 13.7. The van der Waals surface area contributed by atoms with Crippen molar-refractivity contribution in [1.82, 2.24) is 0 Å². The molecule has 0 bridgehead atoms. The molecule has 0 saturated carbocycles. The molecular weight excluding hydrogens is 250 g/mol. The van der Waals surface area contributed by atoms with E-state index in [0.29, 0.717) is 5.56 Å². The van der Waals surface area contributed by atoms with Crippen LogP contribution >= 0.6 is 0 Å². The summed E-state index contributed by atoms with van der Waals surface area (Å²) in [5.74, 6) is -0.0273. The van der Waals surface area contributed by atoms with Crippen LogP contribution < -0.4 is 10.2 Å². The van der Waals surface area contributed by atoms with Crippen molar-refractivity contribution in [3.63, 3.8) is 0 Å². The minimum absolute atomic E-state index is 0.0273. The molecule has 0 radical (unpaired) electrons. The summed E-state index contributed by atoms with van der Waals surface area (Å²) in [5.41, 5.74) is 2.28. The molecule has 0 fully saturated rings. The lowest BCUT2D eigenvalue weighted by molar-refractivity contribution is -0.116. The SMILES string of the molecule is CN(C(=O)CNc1ccc(C#N)cc1)c1ccccc1. The van der Waals surface area contributed by atoms with Crippen molar-refractivity contribution in [3.8, 4) is 6.07 Å². The standard InChI is InChI=1S/C16H15N3O/c1-19(15-5-3-2-4-6-15)16(20)12-18-14-9-7-13(11-17)8-10-14/h2-10,18H,12H2,1H3. The molecule has 0 heterocycles. The molecular formula is C16H15N3O. The van der Waals surface area contributed by atoms with Crippen molar-refractivity contribution >= 4 is 17.3 Å². The van der Waals surface area contributed by atoms with Crippen LogP contribution in [0.5, 0.6) is 0 Å². The number of benzene rings is 2. The summed E-state index contributed by atoms with van der Waals surface area (Å²) in [6.45, 7) is 0.206. The van der Waals surface area contributed by atoms with Crippen LogP contribution in [0.3, 0.4) is 0 Å². The maximum absolute atomic E-state index is 12.1. The van der Waals surface area contributed by atoms with E-state index < -0.39 is 0 Å². The molecule has 4 heteroatoms. The van der Waals surface area contributed by atoms with Gasteiger partial charge in [0.25, 0.3) is 0 Å². The number of rotatable bonds is 4. The number of nitrogens with one attached hydrogen (secondary N) is 1. The normalized spacial score (nSPS) is 9.60. The Morgan fingerprint density at radius 2 is 1.80 bits per heavy atom. The van der Waals surface area contributed by atoms with Crippen molar-refractivity contribution in [3.05, 3.63) is 60.2 Å². The van der Waals surface area contributed by atoms with Gasteiger partial charge in [-0.3, -0.25) is 4.79 Å². The molecule has 2 aromatic carbocycles. The minimum atomic E-state index is -0.0273. The van der Waals surface area contributed by atoms with Gasteiger partial charge in [-0.2, -0.15) is 5.26 Å². The molecule has 4 nitrogen and oxygen atoms in total. The Balaban J connectivity index is 1.93. The van der Waals surface area contributed by atoms with Crippen LogP contribution in [0.4, 0.5) is 11.4 Å². The number of para-hydroxylation sites is 1. The predicted octanol–water partition coefficient (Wildman–Crippen LogP) is 2.63. The van der Waals surface area contributed by atoms with E-state index in [1.165, 1.54) is 0 Å². The van der Waals surface area contributed by atoms with Gasteiger partial charge in [0.15, 0.2) is 0 Å². The maximum atomic E-state index is 12.1. The van der Waals surface area contributed by atoms with Crippen molar-refractivity contribution in [2.24, 2.45) is 0 Å². The van der Waals surface area contributed by atoms with Gasteiger partial charge >= 0.3 is 0 Å². The van der Waals surface area contributed by atoms with Gasteiger partial charge in [0, 0.05) is 18.4 Å². The lowest BCUT2D eigenvalue weighted by Crippen LogP contribution is -2.32. The summed E-state index contributed by atoms with van der Waals surface area (Å²) < 4.78 is 0. The molecule has 0 aliphatic carbocycles. The van der Waals surface area contributed by atoms with Crippen LogP contribution in [0, 0.1) is 11.3 Å². The molecule has 0 aliphatic heterocycles. The van der Waals surface area contributed by atoms with Crippen LogP contribution in [-0.2, 0) is 4.79 Å². The van der Waals surface area contributed by atoms with Crippen molar-refractivity contribution in [2.45, 2.75) is 0 Å². The molecule has 0 aromatic heterocycles. The Morgan fingerprint density at radius 1 is 1.15 bits per heavy atom. The predicted molar refractivity (Wildman–Crippen MR) is 79.5 cm³/mol. The van der Waals surface area contributed by atoms with E-state index in [4.69, 9.17) is 5.26 Å². The highest BCUT2D eigenvalue weighted by Gasteiger charge is 2.09. The number of likely N-dealkylation sites (N-methyl/N-ethyl adjacent to an activating group) is 1. The largest absolute Gasteiger partial charge is 0.376 e. The number of amides is 1. The summed E-state index contributed by atoms with van der Waals surface area (Å²) in [7, 11) is 1.75. The summed E-state index contributed by atoms with van der Waals surface area (Å²) in [6.07, 6.45) is 0. The molecule has 0 saturated heterocycles. The minimum Gasteiger partial charge on any atom is -0.376 e. The number of carbonyl (C=O) groups excluding carboxylic acids is 1. The molecule has 2 rings (SSSR count). The zero-order valence-electron chi connectivity index (χ0n) is 11.2. The van der Waals surface area contributed by atoms with Gasteiger partial charge in [-0.25, -0.2) is 0 Å².